The number of hydrogen-bond donors (Lipinski definition) is 2. The first-order valence-corrected chi connectivity index (χ1v) is 8.02. The van der Waals surface area contributed by atoms with Crippen molar-refractivity contribution in [1.29, 1.82) is 0 Å². The number of hydrazine groups is 1. The normalized spacial score (nSPS) is 24.1. The molecule has 0 bridgehead atoms. The van der Waals surface area contributed by atoms with E-state index in [0.29, 0.717) is 6.04 Å². The summed E-state index contributed by atoms with van der Waals surface area (Å²) in [5.41, 5.74) is 2.69. The number of nitrogen functional groups attached to an aromatic ring is 1. The number of piperidine rings is 1. The van der Waals surface area contributed by atoms with Crippen molar-refractivity contribution >= 4 is 27.4 Å². The van der Waals surface area contributed by atoms with E-state index in [4.69, 9.17) is 5.84 Å². The molecule has 3 rings (SSSR count). The van der Waals surface area contributed by atoms with E-state index in [0.717, 1.165) is 40.9 Å². The molecule has 6 heteroatoms. The second-order valence-electron chi connectivity index (χ2n) is 5.60. The van der Waals surface area contributed by atoms with Crippen LogP contribution < -0.4 is 11.3 Å². The number of hydrogen-bond acceptors (Lipinski definition) is 6. The van der Waals surface area contributed by atoms with Gasteiger partial charge in [-0.2, -0.15) is 0 Å². The smallest absolute Gasteiger partial charge is 0.152 e. The maximum Gasteiger partial charge on any atom is 0.152 e. The molecule has 2 aromatic heterocycles. The number of thiophene rings is 1. The number of nitrogens with two attached hydrogens (primary N) is 1. The lowest BCUT2D eigenvalue weighted by atomic mass is 9.92. The first kappa shape index (κ1) is 13.7. The Balaban J connectivity index is 1.86. The zero-order valence-electron chi connectivity index (χ0n) is 12.0. The molecule has 0 aliphatic carbocycles. The molecular weight excluding hydrogens is 270 g/mol. The van der Waals surface area contributed by atoms with Crippen LogP contribution in [0, 0.1) is 5.92 Å². The van der Waals surface area contributed by atoms with E-state index in [1.165, 1.54) is 12.8 Å². The zero-order chi connectivity index (χ0) is 14.1. The van der Waals surface area contributed by atoms with Crippen LogP contribution in [0.15, 0.2) is 11.4 Å². The van der Waals surface area contributed by atoms with Crippen molar-refractivity contribution in [3.63, 3.8) is 0 Å². The van der Waals surface area contributed by atoms with Crippen LogP contribution >= 0.6 is 11.3 Å². The van der Waals surface area contributed by atoms with Crippen molar-refractivity contribution in [2.24, 2.45) is 11.8 Å². The average molecular weight is 291 g/mol. The fourth-order valence-electron chi connectivity index (χ4n) is 2.91. The maximum absolute atomic E-state index is 5.58. The Labute approximate surface area is 123 Å². The third-order valence-electron chi connectivity index (χ3n) is 4.36. The first-order valence-electron chi connectivity index (χ1n) is 7.14. The van der Waals surface area contributed by atoms with E-state index < -0.39 is 0 Å². The molecule has 108 valence electrons. The van der Waals surface area contributed by atoms with E-state index in [-0.39, 0.29) is 0 Å². The minimum Gasteiger partial charge on any atom is -0.308 e. The highest BCUT2D eigenvalue weighted by molar-refractivity contribution is 7.16. The van der Waals surface area contributed by atoms with Crippen LogP contribution in [-0.4, -0.2) is 27.5 Å². The second kappa shape index (κ2) is 5.63. The van der Waals surface area contributed by atoms with Gasteiger partial charge in [0.15, 0.2) is 5.82 Å². The molecule has 2 unspecified atom stereocenters. The summed E-state index contributed by atoms with van der Waals surface area (Å²) >= 11 is 1.63. The predicted molar refractivity (Wildman–Crippen MR) is 83.5 cm³/mol. The van der Waals surface area contributed by atoms with Gasteiger partial charge in [0.05, 0.1) is 11.9 Å². The predicted octanol–water partition coefficient (Wildman–Crippen LogP) is 2.60. The summed E-state index contributed by atoms with van der Waals surface area (Å²) in [7, 11) is 0. The molecule has 0 amide bonds. The van der Waals surface area contributed by atoms with Crippen LogP contribution in [0.5, 0.6) is 0 Å². The quantitative estimate of drug-likeness (QED) is 0.672. The van der Waals surface area contributed by atoms with E-state index in [9.17, 15) is 0 Å². The highest BCUT2D eigenvalue weighted by atomic mass is 32.1. The van der Waals surface area contributed by atoms with Gasteiger partial charge < -0.3 is 5.43 Å². The lowest BCUT2D eigenvalue weighted by Gasteiger charge is -2.37. The highest BCUT2D eigenvalue weighted by Crippen LogP contribution is 2.27. The number of likely N-dealkylation sites (tertiary alicyclic amines) is 1. The van der Waals surface area contributed by atoms with Crippen molar-refractivity contribution in [2.75, 3.05) is 12.0 Å². The molecule has 3 heterocycles. The minimum absolute atomic E-state index is 0.584. The Morgan fingerprint density at radius 1 is 1.45 bits per heavy atom. The van der Waals surface area contributed by atoms with Gasteiger partial charge in [-0.3, -0.25) is 4.90 Å². The van der Waals surface area contributed by atoms with Gasteiger partial charge in [-0.1, -0.05) is 6.92 Å². The third-order valence-corrected chi connectivity index (χ3v) is 5.16. The zero-order valence-corrected chi connectivity index (χ0v) is 12.8. The van der Waals surface area contributed by atoms with Crippen LogP contribution in [0.2, 0.25) is 0 Å². The summed E-state index contributed by atoms with van der Waals surface area (Å²) in [5, 5.41) is 3.02. The standard InChI is InChI=1S/C14H21N5S/c1-9-4-3-6-19(10(9)2)8-12-16-13(18-15)11-5-7-20-14(11)17-12/h5,7,9-10H,3-4,6,8,15H2,1-2H3,(H,16,17,18). The van der Waals surface area contributed by atoms with Crippen LogP contribution in [0.25, 0.3) is 10.2 Å². The molecule has 2 aromatic rings. The van der Waals surface area contributed by atoms with Crippen molar-refractivity contribution in [3.05, 3.63) is 17.3 Å². The first-order chi connectivity index (χ1) is 9.69. The lowest BCUT2D eigenvalue weighted by Crippen LogP contribution is -2.42. The number of rotatable bonds is 3. The van der Waals surface area contributed by atoms with E-state index in [1.807, 2.05) is 11.4 Å². The summed E-state index contributed by atoms with van der Waals surface area (Å²) < 4.78 is 0. The molecule has 1 aliphatic heterocycles. The second-order valence-corrected chi connectivity index (χ2v) is 6.50. The summed E-state index contributed by atoms with van der Waals surface area (Å²) in [6.07, 6.45) is 2.58. The lowest BCUT2D eigenvalue weighted by molar-refractivity contribution is 0.104. The van der Waals surface area contributed by atoms with Gasteiger partial charge in [-0.15, -0.1) is 11.3 Å². The highest BCUT2D eigenvalue weighted by Gasteiger charge is 2.25. The van der Waals surface area contributed by atoms with Gasteiger partial charge >= 0.3 is 0 Å². The average Bonchev–Trinajstić information content (AvgIpc) is 2.91. The Morgan fingerprint density at radius 3 is 3.10 bits per heavy atom. The maximum atomic E-state index is 5.58. The minimum atomic E-state index is 0.584. The van der Waals surface area contributed by atoms with Gasteiger partial charge in [-0.05, 0) is 43.7 Å². The molecular formula is C14H21N5S. The van der Waals surface area contributed by atoms with Crippen molar-refractivity contribution in [2.45, 2.75) is 39.3 Å². The molecule has 1 fully saturated rings. The number of nitrogens with one attached hydrogen (secondary N) is 1. The molecule has 3 N–H and O–H groups in total. The fraction of sp³-hybridized carbons (Fsp3) is 0.571. The van der Waals surface area contributed by atoms with Gasteiger partial charge in [0, 0.05) is 6.04 Å². The van der Waals surface area contributed by atoms with Gasteiger partial charge in [0.2, 0.25) is 0 Å². The summed E-state index contributed by atoms with van der Waals surface area (Å²) in [5.74, 6) is 7.90. The summed E-state index contributed by atoms with van der Waals surface area (Å²) in [6, 6.07) is 2.59. The molecule has 20 heavy (non-hydrogen) atoms. The van der Waals surface area contributed by atoms with Crippen LogP contribution in [-0.2, 0) is 6.54 Å². The van der Waals surface area contributed by atoms with Crippen molar-refractivity contribution in [3.8, 4) is 0 Å². The molecule has 0 radical (unpaired) electrons. The van der Waals surface area contributed by atoms with E-state index >= 15 is 0 Å². The Morgan fingerprint density at radius 2 is 2.30 bits per heavy atom. The number of aromatic nitrogens is 2. The van der Waals surface area contributed by atoms with Gasteiger partial charge in [-0.25, -0.2) is 15.8 Å². The third kappa shape index (κ3) is 2.51. The topological polar surface area (TPSA) is 67.1 Å². The Hall–Kier alpha value is -1.24. The molecule has 1 saturated heterocycles. The molecule has 0 aromatic carbocycles. The summed E-state index contributed by atoms with van der Waals surface area (Å²) in [4.78, 5) is 12.7. The van der Waals surface area contributed by atoms with E-state index in [2.05, 4.69) is 34.1 Å². The molecule has 2 atom stereocenters. The fourth-order valence-corrected chi connectivity index (χ4v) is 3.69. The number of nitrogens with zero attached hydrogens (tertiary/aromatic N) is 3. The molecule has 1 aliphatic rings. The van der Waals surface area contributed by atoms with E-state index in [1.54, 1.807) is 11.3 Å². The van der Waals surface area contributed by atoms with Crippen molar-refractivity contribution in [1.82, 2.24) is 14.9 Å². The molecule has 5 nitrogen and oxygen atoms in total. The molecule has 0 saturated carbocycles. The van der Waals surface area contributed by atoms with Crippen LogP contribution in [0.4, 0.5) is 5.82 Å². The van der Waals surface area contributed by atoms with Gasteiger partial charge in [0.1, 0.15) is 10.7 Å². The SMILES string of the molecule is CC1CCCN(Cc2nc(NN)c3ccsc3n2)C1C. The monoisotopic (exact) mass is 291 g/mol. The number of fused-ring (bicyclic) bond motifs is 1. The van der Waals surface area contributed by atoms with Crippen LogP contribution in [0.1, 0.15) is 32.5 Å². The largest absolute Gasteiger partial charge is 0.308 e. The van der Waals surface area contributed by atoms with Crippen molar-refractivity contribution < 1.29 is 0 Å². The Kier molecular flexibility index (Phi) is 3.87. The molecule has 0 spiro atoms. The number of anilines is 1. The van der Waals surface area contributed by atoms with Crippen LogP contribution in [0.3, 0.4) is 0 Å². The Bertz CT molecular complexity index is 596. The van der Waals surface area contributed by atoms with Gasteiger partial charge in [0.25, 0.3) is 0 Å². The summed E-state index contributed by atoms with van der Waals surface area (Å²) in [6.45, 7) is 6.55.